The van der Waals surface area contributed by atoms with Crippen LogP contribution in [-0.4, -0.2) is 37.9 Å². The van der Waals surface area contributed by atoms with Crippen molar-refractivity contribution >= 4 is 16.4 Å². The molecule has 0 bridgehead atoms. The number of hydrogen-bond donors (Lipinski definition) is 2. The Kier molecular flexibility index (Phi) is 8.79. The van der Waals surface area contributed by atoms with E-state index in [4.69, 9.17) is 15.6 Å². The van der Waals surface area contributed by atoms with Crippen LogP contribution >= 0.6 is 0 Å². The smallest absolute Gasteiger partial charge is 0.262 e. The number of furan rings is 1. The van der Waals surface area contributed by atoms with Crippen LogP contribution in [0.1, 0.15) is 84.6 Å². The highest BCUT2D eigenvalue weighted by Crippen LogP contribution is 2.69. The van der Waals surface area contributed by atoms with Crippen LogP contribution < -0.4 is 5.73 Å². The van der Waals surface area contributed by atoms with Crippen LogP contribution in [0, 0.1) is 39.4 Å². The largest absolute Gasteiger partial charge is 0.716 e. The molecule has 8 nitrogen and oxygen atoms in total. The minimum absolute atomic E-state index is 0.0719. The van der Waals surface area contributed by atoms with Gasteiger partial charge >= 0.3 is 0 Å². The number of aryl methyl sites for hydroxylation is 1. The van der Waals surface area contributed by atoms with Crippen molar-refractivity contribution in [3.05, 3.63) is 36.0 Å². The molecule has 3 N–H and O–H groups in total. The van der Waals surface area contributed by atoms with E-state index in [1.54, 1.807) is 26.6 Å². The molecule has 1 aromatic rings. The number of rotatable bonds is 5. The summed E-state index contributed by atoms with van der Waals surface area (Å²) in [6, 6.07) is 1.99. The van der Waals surface area contributed by atoms with Crippen LogP contribution in [0.15, 0.2) is 34.8 Å². The lowest BCUT2D eigenvalue weighted by Gasteiger charge is -2.66. The Bertz CT molecular complexity index is 1070. The van der Waals surface area contributed by atoms with E-state index < -0.39 is 10.4 Å². The summed E-state index contributed by atoms with van der Waals surface area (Å²) in [7, 11) is -1.29. The highest BCUT2D eigenvalue weighted by molar-refractivity contribution is 7.80. The predicted octanol–water partition coefficient (Wildman–Crippen LogP) is 5.67. The van der Waals surface area contributed by atoms with E-state index in [0.29, 0.717) is 16.7 Å². The first-order valence-corrected chi connectivity index (χ1v) is 14.8. The van der Waals surface area contributed by atoms with E-state index in [0.717, 1.165) is 49.2 Å². The molecule has 0 radical (unpaired) electrons. The van der Waals surface area contributed by atoms with Crippen molar-refractivity contribution in [2.75, 3.05) is 14.1 Å². The molecule has 1 heterocycles. The van der Waals surface area contributed by atoms with Gasteiger partial charge in [0.15, 0.2) is 5.96 Å². The lowest BCUT2D eigenvalue weighted by molar-refractivity contribution is -0.154. The van der Waals surface area contributed by atoms with Gasteiger partial charge in [-0.1, -0.05) is 34.1 Å². The average molecular weight is 537 g/mol. The van der Waals surface area contributed by atoms with E-state index in [1.165, 1.54) is 36.8 Å². The van der Waals surface area contributed by atoms with E-state index in [9.17, 15) is 13.0 Å². The van der Waals surface area contributed by atoms with Crippen LogP contribution in [0.3, 0.4) is 0 Å². The second-order valence-electron chi connectivity index (χ2n) is 12.7. The third-order valence-corrected chi connectivity index (χ3v) is 10.2. The van der Waals surface area contributed by atoms with Crippen molar-refractivity contribution in [3.8, 4) is 0 Å². The standard InChI is InChI=1S/C25H38O5S.C3H9N3/c1-23(2)12-5-13-25(4)21(23)10-14-24(3)20(8-6-18-11-15-29-16-18)19(7-9-22(24)25)17-30-31(26,27)28;1-6(2)3(4)5/h11,15-17,20-22H,5-10,12-14H2,1-4H3,(H,26,27,28);1-2H3,(H3,4,5)/p-1/b19-17+;/t20-,21-,22-,24+,25-;/m0./s1. The monoisotopic (exact) mass is 536 g/mol. The molecule has 1 aromatic heterocycles. The molecule has 3 saturated carbocycles. The number of nitrogens with two attached hydrogens (primary N) is 1. The zero-order chi connectivity index (χ0) is 27.6. The number of allylic oxidation sites excluding steroid dienone is 1. The molecule has 0 amide bonds. The zero-order valence-corrected chi connectivity index (χ0v) is 24.2. The molecule has 0 aliphatic heterocycles. The first kappa shape index (κ1) is 29.6. The highest BCUT2D eigenvalue weighted by atomic mass is 32.3. The third-order valence-electron chi connectivity index (χ3n) is 9.91. The van der Waals surface area contributed by atoms with Gasteiger partial charge in [-0.25, -0.2) is 8.42 Å². The Balaban J connectivity index is 0.000000568. The van der Waals surface area contributed by atoms with Crippen LogP contribution in [0.4, 0.5) is 0 Å². The Morgan fingerprint density at radius 2 is 1.86 bits per heavy atom. The molecule has 37 heavy (non-hydrogen) atoms. The topological polar surface area (TPSA) is 133 Å². The maximum atomic E-state index is 11.2. The summed E-state index contributed by atoms with van der Waals surface area (Å²) in [5, 5.41) is 6.65. The molecule has 0 spiro atoms. The Labute approximate surface area is 223 Å². The summed E-state index contributed by atoms with van der Waals surface area (Å²) < 4.78 is 43.4. The lowest BCUT2D eigenvalue weighted by atomic mass is 9.39. The number of guanidine groups is 1. The molecule has 5 atom stereocenters. The third kappa shape index (κ3) is 6.53. The minimum Gasteiger partial charge on any atom is -0.716 e. The van der Waals surface area contributed by atoms with Gasteiger partial charge < -0.3 is 23.8 Å². The van der Waals surface area contributed by atoms with Crippen molar-refractivity contribution in [2.45, 2.75) is 85.5 Å². The maximum Gasteiger partial charge on any atom is 0.262 e. The molecule has 3 aliphatic carbocycles. The van der Waals surface area contributed by atoms with Gasteiger partial charge in [-0.05, 0) is 103 Å². The molecule has 3 fully saturated rings. The lowest BCUT2D eigenvalue weighted by Crippen LogP contribution is -2.58. The van der Waals surface area contributed by atoms with Crippen molar-refractivity contribution in [1.29, 1.82) is 5.41 Å². The number of fused-ring (bicyclic) bond motifs is 3. The SMILES string of the molecule is CC1(C)CCC[C@]2(C)[C@H]3CC/C(=C\OS(=O)(=O)[O-])[C@H](CCc4ccoc4)[C@@]3(C)CC[C@@H]12.CN(C)C(=N)N. The first-order chi connectivity index (χ1) is 17.1. The fourth-order valence-corrected chi connectivity index (χ4v) is 8.44. The molecule has 0 aromatic carbocycles. The summed E-state index contributed by atoms with van der Waals surface area (Å²) in [5.74, 6) is 1.61. The fourth-order valence-electron chi connectivity index (χ4n) is 8.19. The number of nitrogens with one attached hydrogen (secondary N) is 1. The van der Waals surface area contributed by atoms with Gasteiger partial charge in [-0.2, -0.15) is 0 Å². The summed E-state index contributed by atoms with van der Waals surface area (Å²) in [4.78, 5) is 1.53. The molecular formula is C28H46N3O5S-. The molecule has 3 aliphatic rings. The normalized spacial score (nSPS) is 33.9. The van der Waals surface area contributed by atoms with Gasteiger partial charge in [0.1, 0.15) is 6.26 Å². The van der Waals surface area contributed by atoms with E-state index in [1.807, 2.05) is 6.07 Å². The summed E-state index contributed by atoms with van der Waals surface area (Å²) in [6.07, 6.45) is 14.6. The van der Waals surface area contributed by atoms with E-state index in [-0.39, 0.29) is 17.3 Å². The van der Waals surface area contributed by atoms with Crippen molar-refractivity contribution in [1.82, 2.24) is 4.90 Å². The molecular weight excluding hydrogens is 490 g/mol. The van der Waals surface area contributed by atoms with Crippen LogP contribution in [0.2, 0.25) is 0 Å². The van der Waals surface area contributed by atoms with Gasteiger partial charge in [0.05, 0.1) is 12.5 Å². The predicted molar refractivity (Wildman–Crippen MR) is 144 cm³/mol. The summed E-state index contributed by atoms with van der Waals surface area (Å²) in [5.41, 5.74) is 7.83. The van der Waals surface area contributed by atoms with Crippen LogP contribution in [0.25, 0.3) is 0 Å². The van der Waals surface area contributed by atoms with E-state index in [2.05, 4.69) is 31.9 Å². The molecule has 0 saturated heterocycles. The van der Waals surface area contributed by atoms with Crippen LogP contribution in [0.5, 0.6) is 0 Å². The van der Waals surface area contributed by atoms with Gasteiger partial charge in [0.2, 0.25) is 0 Å². The molecule has 210 valence electrons. The van der Waals surface area contributed by atoms with Crippen molar-refractivity contribution in [2.24, 2.45) is 39.7 Å². The van der Waals surface area contributed by atoms with Gasteiger partial charge in [0, 0.05) is 14.1 Å². The number of nitrogens with zero attached hydrogens (tertiary/aromatic N) is 1. The zero-order valence-electron chi connectivity index (χ0n) is 23.4. The Morgan fingerprint density at radius 1 is 1.19 bits per heavy atom. The first-order valence-electron chi connectivity index (χ1n) is 13.5. The van der Waals surface area contributed by atoms with Crippen LogP contribution in [-0.2, 0) is 21.0 Å². The molecule has 4 rings (SSSR count). The Morgan fingerprint density at radius 3 is 2.43 bits per heavy atom. The minimum atomic E-state index is -4.74. The van der Waals surface area contributed by atoms with Crippen molar-refractivity contribution < 1.29 is 21.6 Å². The highest BCUT2D eigenvalue weighted by Gasteiger charge is 2.61. The quantitative estimate of drug-likeness (QED) is 0.163. The van der Waals surface area contributed by atoms with Crippen molar-refractivity contribution in [3.63, 3.8) is 0 Å². The Hall–Kier alpha value is -2.00. The van der Waals surface area contributed by atoms with Gasteiger partial charge in [-0.3, -0.25) is 5.41 Å². The molecule has 0 unspecified atom stereocenters. The molecule has 9 heteroatoms. The summed E-state index contributed by atoms with van der Waals surface area (Å²) >= 11 is 0. The second kappa shape index (κ2) is 11.0. The average Bonchev–Trinajstić information content (AvgIpc) is 3.29. The van der Waals surface area contributed by atoms with E-state index >= 15 is 0 Å². The second-order valence-corrected chi connectivity index (χ2v) is 13.7. The maximum absolute atomic E-state index is 11.2. The van der Waals surface area contributed by atoms with Gasteiger partial charge in [0.25, 0.3) is 10.4 Å². The summed E-state index contributed by atoms with van der Waals surface area (Å²) in [6.45, 7) is 9.85. The number of hydrogen-bond acceptors (Lipinski definition) is 6. The van der Waals surface area contributed by atoms with Gasteiger partial charge in [-0.15, -0.1) is 0 Å². The fraction of sp³-hybridized carbons (Fsp3) is 0.750.